The summed E-state index contributed by atoms with van der Waals surface area (Å²) in [5.74, 6) is -0.503. The molecule has 0 aliphatic carbocycles. The number of methoxy groups -OCH3 is 1. The Bertz CT molecular complexity index is 1130. The summed E-state index contributed by atoms with van der Waals surface area (Å²) < 4.78 is 27.9. The Morgan fingerprint density at radius 3 is 2.88 bits per heavy atom. The van der Waals surface area contributed by atoms with Gasteiger partial charge in [-0.2, -0.15) is 5.10 Å². The van der Waals surface area contributed by atoms with Crippen molar-refractivity contribution < 1.29 is 13.9 Å². The van der Waals surface area contributed by atoms with Gasteiger partial charge in [-0.05, 0) is 24.3 Å². The van der Waals surface area contributed by atoms with E-state index in [4.69, 9.17) is 9.47 Å². The topological polar surface area (TPSA) is 62.1 Å². The molecule has 8 heteroatoms. The molecule has 0 atom stereocenters. The smallest absolute Gasteiger partial charge is 0.193 e. The van der Waals surface area contributed by atoms with Crippen LogP contribution >= 0.6 is 15.9 Å². The van der Waals surface area contributed by atoms with Gasteiger partial charge in [0, 0.05) is 35.8 Å². The average molecular weight is 417 g/mol. The molecule has 0 radical (unpaired) electrons. The molecule has 0 saturated heterocycles. The molecule has 2 aromatic heterocycles. The second kappa shape index (κ2) is 6.62. The van der Waals surface area contributed by atoms with E-state index in [1.165, 1.54) is 7.11 Å². The van der Waals surface area contributed by atoms with Crippen molar-refractivity contribution >= 4 is 37.9 Å². The zero-order valence-electron chi connectivity index (χ0n) is 14.0. The first-order valence-corrected chi connectivity index (χ1v) is 8.56. The van der Waals surface area contributed by atoms with E-state index in [1.807, 2.05) is 18.2 Å². The maximum Gasteiger partial charge on any atom is 0.193 e. The number of benzene rings is 2. The fourth-order valence-corrected chi connectivity index (χ4v) is 3.14. The van der Waals surface area contributed by atoms with E-state index in [9.17, 15) is 0 Å². The normalized spacial score (nSPS) is 11.4. The van der Waals surface area contributed by atoms with Crippen LogP contribution in [-0.2, 0) is 11.8 Å². The third kappa shape index (κ3) is 2.91. The van der Waals surface area contributed by atoms with Gasteiger partial charge >= 0.3 is 0 Å². The molecule has 0 amide bonds. The molecule has 132 valence electrons. The third-order valence-corrected chi connectivity index (χ3v) is 4.40. The highest BCUT2D eigenvalue weighted by atomic mass is 79.9. The van der Waals surface area contributed by atoms with Gasteiger partial charge in [-0.15, -0.1) is 0 Å². The second-order valence-electron chi connectivity index (χ2n) is 5.75. The van der Waals surface area contributed by atoms with Crippen molar-refractivity contribution in [2.24, 2.45) is 7.05 Å². The molecule has 0 spiro atoms. The summed E-state index contributed by atoms with van der Waals surface area (Å²) in [6.45, 7) is -0.0871. The molecule has 2 heterocycles. The van der Waals surface area contributed by atoms with Crippen LogP contribution in [0.2, 0.25) is 0 Å². The van der Waals surface area contributed by atoms with Crippen LogP contribution in [0, 0.1) is 5.82 Å². The first kappa shape index (κ1) is 16.9. The van der Waals surface area contributed by atoms with E-state index in [2.05, 4.69) is 31.0 Å². The molecule has 0 aliphatic heterocycles. The number of rotatable bonds is 4. The van der Waals surface area contributed by atoms with Crippen molar-refractivity contribution in [3.63, 3.8) is 0 Å². The number of halogens is 2. The Hall–Kier alpha value is -2.58. The summed E-state index contributed by atoms with van der Waals surface area (Å²) in [7, 11) is 3.22. The Labute approximate surface area is 156 Å². The van der Waals surface area contributed by atoms with E-state index < -0.39 is 5.82 Å². The van der Waals surface area contributed by atoms with Crippen LogP contribution in [0.1, 0.15) is 0 Å². The maximum absolute atomic E-state index is 15.0. The molecular formula is C18H14BrFN4O2. The first-order chi connectivity index (χ1) is 12.6. The van der Waals surface area contributed by atoms with Gasteiger partial charge in [0.05, 0.1) is 22.9 Å². The number of fused-ring (bicyclic) bond motifs is 2. The van der Waals surface area contributed by atoms with Crippen LogP contribution < -0.4 is 4.74 Å². The van der Waals surface area contributed by atoms with Gasteiger partial charge in [-0.25, -0.2) is 9.37 Å². The number of ether oxygens (including phenoxy) is 2. The minimum atomic E-state index is -0.548. The van der Waals surface area contributed by atoms with Crippen LogP contribution in [0.5, 0.6) is 5.75 Å². The quantitative estimate of drug-likeness (QED) is 0.469. The van der Waals surface area contributed by atoms with Gasteiger partial charge in [0.2, 0.25) is 0 Å². The van der Waals surface area contributed by atoms with Crippen LogP contribution in [0.4, 0.5) is 4.39 Å². The van der Waals surface area contributed by atoms with Crippen molar-refractivity contribution in [1.29, 1.82) is 0 Å². The van der Waals surface area contributed by atoms with E-state index in [1.54, 1.807) is 30.2 Å². The molecule has 0 N–H and O–H groups in total. The predicted molar refractivity (Wildman–Crippen MR) is 99.4 cm³/mol. The summed E-state index contributed by atoms with van der Waals surface area (Å²) in [5.41, 5.74) is 2.69. The number of aromatic nitrogens is 4. The molecule has 26 heavy (non-hydrogen) atoms. The Morgan fingerprint density at radius 1 is 1.23 bits per heavy atom. The van der Waals surface area contributed by atoms with Crippen molar-refractivity contribution in [1.82, 2.24) is 19.7 Å². The standard InChI is InChI=1S/C18H14BrFN4O2/c1-24-8-10-5-12(18(26-9-25-2)16(20)17(10)23-24)15-7-21-14-6-11(19)3-4-13(14)22-15/h3-8H,9H2,1-2H3. The van der Waals surface area contributed by atoms with Crippen LogP contribution in [0.3, 0.4) is 0 Å². The van der Waals surface area contributed by atoms with Gasteiger partial charge in [-0.1, -0.05) is 15.9 Å². The fourth-order valence-electron chi connectivity index (χ4n) is 2.79. The van der Waals surface area contributed by atoms with E-state index in [0.717, 1.165) is 9.99 Å². The number of hydrogen-bond acceptors (Lipinski definition) is 5. The second-order valence-corrected chi connectivity index (χ2v) is 6.66. The SMILES string of the molecule is COCOc1c(-c2cnc3cc(Br)ccc3n2)cc2cn(C)nc2c1F. The lowest BCUT2D eigenvalue weighted by Gasteiger charge is -2.12. The molecule has 0 aliphatic rings. The van der Waals surface area contributed by atoms with Gasteiger partial charge < -0.3 is 9.47 Å². The van der Waals surface area contributed by atoms with Gasteiger partial charge in [0.25, 0.3) is 0 Å². The monoisotopic (exact) mass is 416 g/mol. The van der Waals surface area contributed by atoms with E-state index in [0.29, 0.717) is 22.2 Å². The maximum atomic E-state index is 15.0. The van der Waals surface area contributed by atoms with Crippen LogP contribution in [0.25, 0.3) is 33.2 Å². The highest BCUT2D eigenvalue weighted by Crippen LogP contribution is 2.36. The van der Waals surface area contributed by atoms with Gasteiger partial charge in [0.15, 0.2) is 18.4 Å². The van der Waals surface area contributed by atoms with Crippen LogP contribution in [0.15, 0.2) is 41.1 Å². The summed E-state index contributed by atoms with van der Waals surface area (Å²) in [4.78, 5) is 9.04. The molecule has 6 nitrogen and oxygen atoms in total. The van der Waals surface area contributed by atoms with Gasteiger partial charge in [-0.3, -0.25) is 9.67 Å². The van der Waals surface area contributed by atoms with E-state index in [-0.39, 0.29) is 18.1 Å². The van der Waals surface area contributed by atoms with Crippen molar-refractivity contribution in [2.45, 2.75) is 0 Å². The molecule has 2 aromatic carbocycles. The van der Waals surface area contributed by atoms with E-state index >= 15 is 4.39 Å². The number of nitrogens with zero attached hydrogens (tertiary/aromatic N) is 4. The Morgan fingerprint density at radius 2 is 2.08 bits per heavy atom. The van der Waals surface area contributed by atoms with Gasteiger partial charge in [0.1, 0.15) is 5.52 Å². The lowest BCUT2D eigenvalue weighted by molar-refractivity contribution is 0.0489. The van der Waals surface area contributed by atoms with Crippen molar-refractivity contribution in [2.75, 3.05) is 13.9 Å². The van der Waals surface area contributed by atoms with Crippen molar-refractivity contribution in [3.8, 4) is 17.0 Å². The minimum absolute atomic E-state index is 0.0452. The lowest BCUT2D eigenvalue weighted by Crippen LogP contribution is -2.04. The lowest BCUT2D eigenvalue weighted by atomic mass is 10.1. The molecule has 0 unspecified atom stereocenters. The Balaban J connectivity index is 1.95. The Kier molecular flexibility index (Phi) is 4.29. The molecule has 0 saturated carbocycles. The molecular weight excluding hydrogens is 403 g/mol. The highest BCUT2D eigenvalue weighted by molar-refractivity contribution is 9.10. The molecule has 0 fully saturated rings. The third-order valence-electron chi connectivity index (χ3n) is 3.91. The predicted octanol–water partition coefficient (Wildman–Crippen LogP) is 4.07. The number of hydrogen-bond donors (Lipinski definition) is 0. The summed E-state index contributed by atoms with van der Waals surface area (Å²) in [5, 5.41) is 4.81. The van der Waals surface area contributed by atoms with Crippen molar-refractivity contribution in [3.05, 3.63) is 46.9 Å². The first-order valence-electron chi connectivity index (χ1n) is 7.77. The summed E-state index contributed by atoms with van der Waals surface area (Å²) in [6.07, 6.45) is 3.35. The average Bonchev–Trinajstić information content (AvgIpc) is 3.01. The highest BCUT2D eigenvalue weighted by Gasteiger charge is 2.20. The largest absolute Gasteiger partial charge is 0.464 e. The zero-order chi connectivity index (χ0) is 18.3. The fraction of sp³-hybridized carbons (Fsp3) is 0.167. The van der Waals surface area contributed by atoms with Crippen LogP contribution in [-0.4, -0.2) is 33.7 Å². The summed E-state index contributed by atoms with van der Waals surface area (Å²) in [6, 6.07) is 7.41. The number of aryl methyl sites for hydroxylation is 1. The molecule has 4 aromatic rings. The zero-order valence-corrected chi connectivity index (χ0v) is 15.6. The summed E-state index contributed by atoms with van der Waals surface area (Å²) >= 11 is 3.41. The minimum Gasteiger partial charge on any atom is -0.464 e. The molecule has 4 rings (SSSR count). The molecule has 0 bridgehead atoms.